The van der Waals surface area contributed by atoms with Crippen molar-refractivity contribution in [3.8, 4) is 28.4 Å². The Balaban J connectivity index is 1.74. The highest BCUT2D eigenvalue weighted by Gasteiger charge is 2.20. The van der Waals surface area contributed by atoms with Gasteiger partial charge in [-0.15, -0.1) is 0 Å². The van der Waals surface area contributed by atoms with Crippen LogP contribution in [-0.4, -0.2) is 29.8 Å². The quantitative estimate of drug-likeness (QED) is 0.685. The third kappa shape index (κ3) is 3.30. The summed E-state index contributed by atoms with van der Waals surface area (Å²) in [5.41, 5.74) is 4.01. The van der Waals surface area contributed by atoms with Crippen molar-refractivity contribution in [2.45, 2.75) is 26.1 Å². The number of hydrogen-bond acceptors (Lipinski definition) is 4. The third-order valence-electron chi connectivity index (χ3n) is 4.44. The number of ether oxygens (including phenoxy) is 3. The topological polar surface area (TPSA) is 45.5 Å². The number of benzene rings is 2. The smallest absolute Gasteiger partial charge is 0.200 e. The van der Waals surface area contributed by atoms with Crippen molar-refractivity contribution < 1.29 is 14.2 Å². The Kier molecular flexibility index (Phi) is 4.63. The molecule has 5 heteroatoms. The van der Waals surface area contributed by atoms with Crippen molar-refractivity contribution >= 4 is 0 Å². The van der Waals surface area contributed by atoms with Gasteiger partial charge in [-0.05, 0) is 49.7 Å². The summed E-state index contributed by atoms with van der Waals surface area (Å²) in [6.45, 7) is 2.74. The van der Waals surface area contributed by atoms with Gasteiger partial charge in [-0.1, -0.05) is 18.2 Å². The first kappa shape index (κ1) is 16.7. The minimum absolute atomic E-state index is 0.208. The van der Waals surface area contributed by atoms with Crippen LogP contribution >= 0.6 is 0 Å². The summed E-state index contributed by atoms with van der Waals surface area (Å²) in [6.07, 6.45) is 1.71. The molecule has 2 aromatic carbocycles. The van der Waals surface area contributed by atoms with E-state index in [0.717, 1.165) is 42.1 Å². The molecule has 2 heterocycles. The number of para-hydroxylation sites is 1. The predicted molar refractivity (Wildman–Crippen MR) is 99.9 cm³/mol. The number of methoxy groups -OCH3 is 1. The van der Waals surface area contributed by atoms with Gasteiger partial charge in [0.2, 0.25) is 0 Å². The fraction of sp³-hybridized carbons (Fsp3) is 0.286. The molecule has 1 aliphatic rings. The van der Waals surface area contributed by atoms with E-state index in [9.17, 15) is 0 Å². The molecule has 0 amide bonds. The first-order valence-corrected chi connectivity index (χ1v) is 8.83. The average molecular weight is 350 g/mol. The standard InChI is InChI=1S/C21H22N2O3/c1-15-13-18(23(22-15)17-7-4-3-5-8-17)16-10-11-19(24-2)20(14-16)26-21-9-6-12-25-21/h3-5,7-8,10-11,13-14,21H,6,9,12H2,1-2H3. The number of aromatic nitrogens is 2. The second-order valence-corrected chi connectivity index (χ2v) is 6.34. The fourth-order valence-electron chi connectivity index (χ4n) is 3.18. The van der Waals surface area contributed by atoms with Crippen LogP contribution in [0.1, 0.15) is 18.5 Å². The van der Waals surface area contributed by atoms with Gasteiger partial charge in [0.25, 0.3) is 0 Å². The molecule has 1 saturated heterocycles. The Morgan fingerprint density at radius 3 is 2.65 bits per heavy atom. The molecule has 5 nitrogen and oxygen atoms in total. The molecule has 0 N–H and O–H groups in total. The van der Waals surface area contributed by atoms with E-state index in [4.69, 9.17) is 14.2 Å². The summed E-state index contributed by atoms with van der Waals surface area (Å²) in [5, 5.41) is 4.65. The Morgan fingerprint density at radius 1 is 1.08 bits per heavy atom. The maximum absolute atomic E-state index is 6.03. The summed E-state index contributed by atoms with van der Waals surface area (Å²) < 4.78 is 19.1. The van der Waals surface area contributed by atoms with Crippen LogP contribution in [0.5, 0.6) is 11.5 Å². The van der Waals surface area contributed by atoms with Crippen LogP contribution in [0.2, 0.25) is 0 Å². The molecule has 0 saturated carbocycles. The molecular weight excluding hydrogens is 328 g/mol. The molecule has 26 heavy (non-hydrogen) atoms. The molecule has 1 unspecified atom stereocenters. The Labute approximate surface area is 153 Å². The van der Waals surface area contributed by atoms with Crippen LogP contribution in [0.25, 0.3) is 16.9 Å². The van der Waals surface area contributed by atoms with E-state index in [1.165, 1.54) is 0 Å². The SMILES string of the molecule is COc1ccc(-c2cc(C)nn2-c2ccccc2)cc1OC1CCCO1. The lowest BCUT2D eigenvalue weighted by atomic mass is 10.1. The third-order valence-corrected chi connectivity index (χ3v) is 4.44. The van der Waals surface area contributed by atoms with Gasteiger partial charge in [0.15, 0.2) is 17.8 Å². The van der Waals surface area contributed by atoms with E-state index in [1.54, 1.807) is 7.11 Å². The molecule has 3 aromatic rings. The van der Waals surface area contributed by atoms with E-state index < -0.39 is 0 Å². The molecule has 0 aliphatic carbocycles. The summed E-state index contributed by atoms with van der Waals surface area (Å²) in [6, 6.07) is 18.1. The van der Waals surface area contributed by atoms with Crippen LogP contribution in [-0.2, 0) is 4.74 Å². The molecule has 134 valence electrons. The highest BCUT2D eigenvalue weighted by atomic mass is 16.7. The number of nitrogens with zero attached hydrogens (tertiary/aromatic N) is 2. The largest absolute Gasteiger partial charge is 0.493 e. The maximum Gasteiger partial charge on any atom is 0.200 e. The second kappa shape index (κ2) is 7.22. The number of rotatable bonds is 5. The van der Waals surface area contributed by atoms with Gasteiger partial charge in [0, 0.05) is 12.0 Å². The van der Waals surface area contributed by atoms with Crippen molar-refractivity contribution in [1.29, 1.82) is 0 Å². The zero-order chi connectivity index (χ0) is 17.9. The van der Waals surface area contributed by atoms with Crippen molar-refractivity contribution in [3.05, 3.63) is 60.3 Å². The zero-order valence-corrected chi connectivity index (χ0v) is 15.0. The zero-order valence-electron chi connectivity index (χ0n) is 15.0. The number of aryl methyl sites for hydroxylation is 1. The van der Waals surface area contributed by atoms with Gasteiger partial charge < -0.3 is 14.2 Å². The van der Waals surface area contributed by atoms with Gasteiger partial charge >= 0.3 is 0 Å². The van der Waals surface area contributed by atoms with E-state index in [-0.39, 0.29) is 6.29 Å². The van der Waals surface area contributed by atoms with Crippen molar-refractivity contribution in [1.82, 2.24) is 9.78 Å². The summed E-state index contributed by atoms with van der Waals surface area (Å²) in [4.78, 5) is 0. The minimum Gasteiger partial charge on any atom is -0.493 e. The highest BCUT2D eigenvalue weighted by molar-refractivity contribution is 5.66. The summed E-state index contributed by atoms with van der Waals surface area (Å²) in [7, 11) is 1.65. The van der Waals surface area contributed by atoms with Crippen LogP contribution < -0.4 is 9.47 Å². The van der Waals surface area contributed by atoms with Crippen molar-refractivity contribution in [3.63, 3.8) is 0 Å². The fourth-order valence-corrected chi connectivity index (χ4v) is 3.18. The molecule has 0 radical (unpaired) electrons. The molecule has 1 aromatic heterocycles. The highest BCUT2D eigenvalue weighted by Crippen LogP contribution is 2.35. The lowest BCUT2D eigenvalue weighted by Crippen LogP contribution is -2.14. The molecule has 1 atom stereocenters. The Morgan fingerprint density at radius 2 is 1.92 bits per heavy atom. The lowest BCUT2D eigenvalue weighted by Gasteiger charge is -2.17. The van der Waals surface area contributed by atoms with Gasteiger partial charge in [-0.25, -0.2) is 4.68 Å². The van der Waals surface area contributed by atoms with E-state index in [1.807, 2.05) is 60.1 Å². The molecular formula is C21H22N2O3. The minimum atomic E-state index is -0.208. The molecule has 1 fully saturated rings. The Hall–Kier alpha value is -2.79. The van der Waals surface area contributed by atoms with E-state index >= 15 is 0 Å². The molecule has 1 aliphatic heterocycles. The van der Waals surface area contributed by atoms with Crippen LogP contribution in [0.4, 0.5) is 0 Å². The van der Waals surface area contributed by atoms with E-state index in [2.05, 4.69) is 11.2 Å². The number of hydrogen-bond donors (Lipinski definition) is 0. The van der Waals surface area contributed by atoms with Crippen LogP contribution in [0, 0.1) is 6.92 Å². The molecule has 4 rings (SSSR count). The summed E-state index contributed by atoms with van der Waals surface area (Å²) in [5.74, 6) is 1.39. The van der Waals surface area contributed by atoms with E-state index in [0.29, 0.717) is 11.5 Å². The van der Waals surface area contributed by atoms with Crippen LogP contribution in [0.3, 0.4) is 0 Å². The first-order valence-electron chi connectivity index (χ1n) is 8.83. The lowest BCUT2D eigenvalue weighted by molar-refractivity contribution is -0.0402. The summed E-state index contributed by atoms with van der Waals surface area (Å²) >= 11 is 0. The monoisotopic (exact) mass is 350 g/mol. The van der Waals surface area contributed by atoms with Crippen molar-refractivity contribution in [2.24, 2.45) is 0 Å². The van der Waals surface area contributed by atoms with Gasteiger partial charge in [0.05, 0.1) is 30.8 Å². The van der Waals surface area contributed by atoms with Crippen LogP contribution in [0.15, 0.2) is 54.6 Å². The maximum atomic E-state index is 6.03. The molecule has 0 spiro atoms. The van der Waals surface area contributed by atoms with Crippen molar-refractivity contribution in [2.75, 3.05) is 13.7 Å². The van der Waals surface area contributed by atoms with Gasteiger partial charge in [-0.2, -0.15) is 5.10 Å². The molecule has 0 bridgehead atoms. The predicted octanol–water partition coefficient (Wildman–Crippen LogP) is 4.37. The second-order valence-electron chi connectivity index (χ2n) is 6.34. The normalized spacial score (nSPS) is 16.6. The average Bonchev–Trinajstić information content (AvgIpc) is 3.32. The van der Waals surface area contributed by atoms with Gasteiger partial charge in [-0.3, -0.25) is 0 Å². The Bertz CT molecular complexity index is 884. The van der Waals surface area contributed by atoms with Gasteiger partial charge in [0.1, 0.15) is 0 Å². The first-order chi connectivity index (χ1) is 12.7.